The first-order valence-electron chi connectivity index (χ1n) is 36.4. The third-order valence-electron chi connectivity index (χ3n) is 16.2. The molecule has 6 nitrogen and oxygen atoms in total. The molecular weight excluding hydrogens is 1020 g/mol. The van der Waals surface area contributed by atoms with Crippen LogP contribution in [0.1, 0.15) is 380 Å². The molecule has 1 unspecified atom stereocenters. The lowest BCUT2D eigenvalue weighted by molar-refractivity contribution is -0.167. The van der Waals surface area contributed by atoms with Gasteiger partial charge >= 0.3 is 17.9 Å². The first kappa shape index (κ1) is 79.8. The molecular formula is C77H138O6. The summed E-state index contributed by atoms with van der Waals surface area (Å²) in [5.74, 6) is -0.882. The highest BCUT2D eigenvalue weighted by Crippen LogP contribution is 2.18. The Hall–Kier alpha value is -3.15. The number of rotatable bonds is 67. The Morgan fingerprint density at radius 2 is 0.470 bits per heavy atom. The van der Waals surface area contributed by atoms with E-state index in [9.17, 15) is 14.4 Å². The molecule has 0 N–H and O–H groups in total. The number of ether oxygens (including phenoxy) is 3. The molecule has 0 fully saturated rings. The summed E-state index contributed by atoms with van der Waals surface area (Å²) in [6.45, 7) is 6.57. The summed E-state index contributed by atoms with van der Waals surface area (Å²) in [4.78, 5) is 38.5. The highest BCUT2D eigenvalue weighted by molar-refractivity contribution is 5.71. The highest BCUT2D eigenvalue weighted by Gasteiger charge is 2.19. The number of unbranched alkanes of at least 4 members (excludes halogenated alkanes) is 44. The summed E-state index contributed by atoms with van der Waals surface area (Å²) in [7, 11) is 0. The zero-order valence-corrected chi connectivity index (χ0v) is 55.5. The first-order valence-corrected chi connectivity index (χ1v) is 36.4. The minimum atomic E-state index is -0.789. The van der Waals surface area contributed by atoms with E-state index in [0.29, 0.717) is 19.3 Å². The second kappa shape index (κ2) is 71.3. The lowest BCUT2D eigenvalue weighted by Gasteiger charge is -2.18. The van der Waals surface area contributed by atoms with Gasteiger partial charge in [0.15, 0.2) is 6.10 Å². The number of carbonyl (C=O) groups excluding carboxylic acids is 3. The van der Waals surface area contributed by atoms with Gasteiger partial charge in [0.2, 0.25) is 0 Å². The maximum atomic E-state index is 13.0. The number of esters is 3. The Bertz CT molecular complexity index is 1520. The average molecular weight is 1160 g/mol. The molecule has 482 valence electrons. The maximum absolute atomic E-state index is 13.0. The Morgan fingerprint density at radius 3 is 0.747 bits per heavy atom. The third-order valence-corrected chi connectivity index (χ3v) is 16.2. The van der Waals surface area contributed by atoms with Gasteiger partial charge in [-0.05, 0) is 89.9 Å². The quantitative estimate of drug-likeness (QED) is 0.0261. The molecule has 0 aliphatic rings. The molecule has 0 aliphatic carbocycles. The van der Waals surface area contributed by atoms with Crippen molar-refractivity contribution in [2.24, 2.45) is 0 Å². The molecule has 0 aliphatic heterocycles. The molecule has 6 heteroatoms. The molecule has 0 aromatic heterocycles. The highest BCUT2D eigenvalue weighted by atomic mass is 16.6. The lowest BCUT2D eigenvalue weighted by atomic mass is 10.0. The van der Waals surface area contributed by atoms with Crippen LogP contribution < -0.4 is 0 Å². The van der Waals surface area contributed by atoms with Crippen LogP contribution in [0, 0.1) is 0 Å². The SMILES string of the molecule is CC/C=C\C/C=C\C/C=C\C/C=C\C/C=C\CCCCCCCC(=O)OC(COC(=O)CCCCCCCCC/C=C\CCCCCCCC)COC(=O)CCCCCCCCCCCCCCCCCCCCCCCCCCCCC. The van der Waals surface area contributed by atoms with Crippen LogP contribution in [0.4, 0.5) is 0 Å². The normalized spacial score (nSPS) is 12.5. The van der Waals surface area contributed by atoms with Crippen LogP contribution in [0.25, 0.3) is 0 Å². The van der Waals surface area contributed by atoms with E-state index in [0.717, 1.165) is 109 Å². The molecule has 0 amide bonds. The third kappa shape index (κ3) is 69.5. The smallest absolute Gasteiger partial charge is 0.306 e. The summed E-state index contributed by atoms with van der Waals surface area (Å²) in [5, 5.41) is 0. The minimum Gasteiger partial charge on any atom is -0.462 e. The largest absolute Gasteiger partial charge is 0.462 e. The van der Waals surface area contributed by atoms with Crippen molar-refractivity contribution in [1.29, 1.82) is 0 Å². The van der Waals surface area contributed by atoms with Crippen LogP contribution in [0.15, 0.2) is 72.9 Å². The first-order chi connectivity index (χ1) is 41.0. The Kier molecular flexibility index (Phi) is 68.6. The molecule has 0 bridgehead atoms. The number of hydrogen-bond donors (Lipinski definition) is 0. The fourth-order valence-electron chi connectivity index (χ4n) is 10.8. The predicted octanol–water partition coefficient (Wildman–Crippen LogP) is 25.2. The van der Waals surface area contributed by atoms with Gasteiger partial charge in [0, 0.05) is 19.3 Å². The molecule has 1 atom stereocenters. The molecule has 0 aromatic carbocycles. The molecule has 0 saturated carbocycles. The zero-order valence-electron chi connectivity index (χ0n) is 55.5. The van der Waals surface area contributed by atoms with Gasteiger partial charge in [-0.25, -0.2) is 0 Å². The van der Waals surface area contributed by atoms with E-state index in [1.807, 2.05) is 0 Å². The molecule has 83 heavy (non-hydrogen) atoms. The van der Waals surface area contributed by atoms with Crippen molar-refractivity contribution in [2.75, 3.05) is 13.2 Å². The van der Waals surface area contributed by atoms with Gasteiger partial charge in [0.05, 0.1) is 0 Å². The van der Waals surface area contributed by atoms with Gasteiger partial charge in [-0.1, -0.05) is 344 Å². The number of hydrogen-bond acceptors (Lipinski definition) is 6. The van der Waals surface area contributed by atoms with E-state index < -0.39 is 6.10 Å². The summed E-state index contributed by atoms with van der Waals surface area (Å²) in [5.41, 5.74) is 0. The van der Waals surface area contributed by atoms with Crippen LogP contribution in [0.5, 0.6) is 0 Å². The minimum absolute atomic E-state index is 0.0813. The van der Waals surface area contributed by atoms with Crippen molar-refractivity contribution in [3.05, 3.63) is 72.9 Å². The van der Waals surface area contributed by atoms with E-state index >= 15 is 0 Å². The molecule has 0 rings (SSSR count). The van der Waals surface area contributed by atoms with Gasteiger partial charge in [-0.15, -0.1) is 0 Å². The summed E-state index contributed by atoms with van der Waals surface area (Å²) in [6, 6.07) is 0. The van der Waals surface area contributed by atoms with Crippen LogP contribution in [0.2, 0.25) is 0 Å². The Morgan fingerprint density at radius 1 is 0.253 bits per heavy atom. The predicted molar refractivity (Wildman–Crippen MR) is 362 cm³/mol. The topological polar surface area (TPSA) is 78.9 Å². The van der Waals surface area contributed by atoms with Crippen LogP contribution in [-0.2, 0) is 28.6 Å². The lowest BCUT2D eigenvalue weighted by Crippen LogP contribution is -2.30. The van der Waals surface area contributed by atoms with Crippen molar-refractivity contribution in [2.45, 2.75) is 386 Å². The molecule has 0 aromatic rings. The summed E-state index contributed by atoms with van der Waals surface area (Å²) >= 11 is 0. The Labute approximate surface area is 516 Å². The molecule has 0 spiro atoms. The van der Waals surface area contributed by atoms with Gasteiger partial charge < -0.3 is 14.2 Å². The van der Waals surface area contributed by atoms with Crippen molar-refractivity contribution in [3.63, 3.8) is 0 Å². The van der Waals surface area contributed by atoms with Crippen molar-refractivity contribution in [1.82, 2.24) is 0 Å². The molecule has 0 saturated heterocycles. The van der Waals surface area contributed by atoms with Crippen LogP contribution in [-0.4, -0.2) is 37.2 Å². The second-order valence-electron chi connectivity index (χ2n) is 24.5. The average Bonchev–Trinajstić information content (AvgIpc) is 3.50. The van der Waals surface area contributed by atoms with E-state index in [4.69, 9.17) is 14.2 Å². The van der Waals surface area contributed by atoms with E-state index in [1.54, 1.807) is 0 Å². The van der Waals surface area contributed by atoms with Crippen LogP contribution in [0.3, 0.4) is 0 Å². The monoisotopic (exact) mass is 1160 g/mol. The zero-order chi connectivity index (χ0) is 59.9. The maximum Gasteiger partial charge on any atom is 0.306 e. The van der Waals surface area contributed by atoms with Crippen molar-refractivity contribution >= 4 is 17.9 Å². The van der Waals surface area contributed by atoms with Crippen LogP contribution >= 0.6 is 0 Å². The van der Waals surface area contributed by atoms with E-state index in [-0.39, 0.29) is 31.1 Å². The Balaban J connectivity index is 4.32. The van der Waals surface area contributed by atoms with Gasteiger partial charge in [0.25, 0.3) is 0 Å². The number of allylic oxidation sites excluding steroid dienone is 12. The summed E-state index contributed by atoms with van der Waals surface area (Å²) in [6.07, 6.45) is 93.6. The standard InChI is InChI=1S/C77H138O6/c1-4-7-10-13-16-19-22-25-28-31-33-35-36-37-38-39-40-42-43-46-49-52-55-58-61-64-67-70-76(79)82-73-74(72-81-75(78)69-66-63-60-57-54-51-48-45-30-27-24-21-18-15-12-9-6-3)83-77(80)71-68-65-62-59-56-53-50-47-44-41-34-32-29-26-23-20-17-14-11-8-5-2/h8,11,17,20,26-27,29-30,34,41,47,50,74H,4-7,9-10,12-16,18-19,21-25,28,31-33,35-40,42-46,48-49,51-73H2,1-3H3/b11-8-,20-17-,29-26-,30-27-,41-34-,50-47-. The molecule has 0 radical (unpaired) electrons. The summed E-state index contributed by atoms with van der Waals surface area (Å²) < 4.78 is 17.0. The van der Waals surface area contributed by atoms with Gasteiger partial charge in [-0.3, -0.25) is 14.4 Å². The fourth-order valence-corrected chi connectivity index (χ4v) is 10.8. The van der Waals surface area contributed by atoms with Gasteiger partial charge in [0.1, 0.15) is 13.2 Å². The van der Waals surface area contributed by atoms with E-state index in [2.05, 4.69) is 93.7 Å². The second-order valence-corrected chi connectivity index (χ2v) is 24.5. The number of carbonyl (C=O) groups is 3. The van der Waals surface area contributed by atoms with Crippen molar-refractivity contribution < 1.29 is 28.6 Å². The fraction of sp³-hybridized carbons (Fsp3) is 0.805. The van der Waals surface area contributed by atoms with Crippen molar-refractivity contribution in [3.8, 4) is 0 Å². The van der Waals surface area contributed by atoms with E-state index in [1.165, 1.54) is 231 Å². The van der Waals surface area contributed by atoms with Gasteiger partial charge in [-0.2, -0.15) is 0 Å². The molecule has 0 heterocycles.